The lowest BCUT2D eigenvalue weighted by Gasteiger charge is -2.04. The fraction of sp³-hybridized carbons (Fsp3) is 0.400. The van der Waals surface area contributed by atoms with E-state index >= 15 is 0 Å². The van der Waals surface area contributed by atoms with Gasteiger partial charge in [0.2, 0.25) is 0 Å². The summed E-state index contributed by atoms with van der Waals surface area (Å²) < 4.78 is 14.2. The highest BCUT2D eigenvalue weighted by Crippen LogP contribution is 2.49. The highest BCUT2D eigenvalue weighted by Gasteiger charge is 2.39. The Bertz CT molecular complexity index is 306. The standard InChI is InChI=1S/C10H11BrFN/c11-8-2-1-3-9(12)10(8)7-4-6(7)5-13/h1-3,6-7H,4-5,13H2. The average molecular weight is 244 g/mol. The predicted octanol–water partition coefficient (Wildman–Crippen LogP) is 2.65. The van der Waals surface area contributed by atoms with Gasteiger partial charge in [0.15, 0.2) is 0 Å². The van der Waals surface area contributed by atoms with Crippen molar-refractivity contribution in [3.8, 4) is 0 Å². The summed E-state index contributed by atoms with van der Waals surface area (Å²) in [7, 11) is 0. The third kappa shape index (κ3) is 1.63. The Morgan fingerprint density at radius 1 is 1.54 bits per heavy atom. The molecule has 2 atom stereocenters. The van der Waals surface area contributed by atoms with Crippen LogP contribution in [0.3, 0.4) is 0 Å². The van der Waals surface area contributed by atoms with Crippen molar-refractivity contribution in [3.63, 3.8) is 0 Å². The number of hydrogen-bond acceptors (Lipinski definition) is 1. The van der Waals surface area contributed by atoms with Crippen molar-refractivity contribution in [2.45, 2.75) is 12.3 Å². The molecule has 2 rings (SSSR count). The molecule has 2 N–H and O–H groups in total. The summed E-state index contributed by atoms with van der Waals surface area (Å²) in [5.74, 6) is 0.698. The molecule has 0 bridgehead atoms. The first-order valence-corrected chi connectivity index (χ1v) is 5.17. The first kappa shape index (κ1) is 9.16. The molecule has 1 aromatic rings. The molecule has 0 aromatic heterocycles. The van der Waals surface area contributed by atoms with Crippen molar-refractivity contribution < 1.29 is 4.39 Å². The predicted molar refractivity (Wildman–Crippen MR) is 54.0 cm³/mol. The molecule has 1 aromatic carbocycles. The molecule has 0 aliphatic heterocycles. The van der Waals surface area contributed by atoms with Gasteiger partial charge in [-0.25, -0.2) is 4.39 Å². The molecule has 0 saturated heterocycles. The monoisotopic (exact) mass is 243 g/mol. The van der Waals surface area contributed by atoms with Gasteiger partial charge in [-0.1, -0.05) is 22.0 Å². The normalized spacial score (nSPS) is 26.1. The number of hydrogen-bond donors (Lipinski definition) is 1. The largest absolute Gasteiger partial charge is 0.330 e. The number of nitrogens with two attached hydrogens (primary N) is 1. The van der Waals surface area contributed by atoms with E-state index in [4.69, 9.17) is 5.73 Å². The molecule has 2 unspecified atom stereocenters. The van der Waals surface area contributed by atoms with E-state index in [9.17, 15) is 4.39 Å². The van der Waals surface area contributed by atoms with Crippen LogP contribution in [0.4, 0.5) is 4.39 Å². The van der Waals surface area contributed by atoms with E-state index in [0.29, 0.717) is 18.4 Å². The van der Waals surface area contributed by atoms with Crippen LogP contribution in [0, 0.1) is 11.7 Å². The number of halogens is 2. The van der Waals surface area contributed by atoms with Crippen LogP contribution in [0.5, 0.6) is 0 Å². The second kappa shape index (κ2) is 3.39. The smallest absolute Gasteiger partial charge is 0.127 e. The van der Waals surface area contributed by atoms with E-state index < -0.39 is 0 Å². The van der Waals surface area contributed by atoms with Crippen molar-refractivity contribution >= 4 is 15.9 Å². The molecule has 1 saturated carbocycles. The highest BCUT2D eigenvalue weighted by atomic mass is 79.9. The molecule has 13 heavy (non-hydrogen) atoms. The summed E-state index contributed by atoms with van der Waals surface area (Å²) in [5, 5.41) is 0. The Labute approximate surface area is 85.3 Å². The van der Waals surface area contributed by atoms with Crippen molar-refractivity contribution in [1.29, 1.82) is 0 Å². The highest BCUT2D eigenvalue weighted by molar-refractivity contribution is 9.10. The lowest BCUT2D eigenvalue weighted by Crippen LogP contribution is -2.02. The van der Waals surface area contributed by atoms with Gasteiger partial charge in [0, 0.05) is 10.0 Å². The third-order valence-electron chi connectivity index (χ3n) is 2.60. The van der Waals surface area contributed by atoms with Gasteiger partial charge in [0.1, 0.15) is 5.82 Å². The fourth-order valence-corrected chi connectivity index (χ4v) is 2.36. The molecule has 1 fully saturated rings. The van der Waals surface area contributed by atoms with E-state index in [1.54, 1.807) is 6.07 Å². The SMILES string of the molecule is NCC1CC1c1c(F)cccc1Br. The summed E-state index contributed by atoms with van der Waals surface area (Å²) in [5.41, 5.74) is 6.33. The maximum absolute atomic E-state index is 13.4. The van der Waals surface area contributed by atoms with Crippen molar-refractivity contribution in [3.05, 3.63) is 34.1 Å². The van der Waals surface area contributed by atoms with Gasteiger partial charge in [0.25, 0.3) is 0 Å². The number of rotatable bonds is 2. The summed E-state index contributed by atoms with van der Waals surface area (Å²) in [6.45, 7) is 0.658. The van der Waals surface area contributed by atoms with Crippen LogP contribution >= 0.6 is 15.9 Å². The van der Waals surface area contributed by atoms with E-state index in [0.717, 1.165) is 16.5 Å². The van der Waals surface area contributed by atoms with E-state index in [1.165, 1.54) is 6.07 Å². The van der Waals surface area contributed by atoms with Crippen LogP contribution in [-0.4, -0.2) is 6.54 Å². The Kier molecular flexibility index (Phi) is 2.39. The average Bonchev–Trinajstić information content (AvgIpc) is 2.83. The maximum Gasteiger partial charge on any atom is 0.127 e. The maximum atomic E-state index is 13.4. The van der Waals surface area contributed by atoms with Crippen molar-refractivity contribution in [2.24, 2.45) is 11.7 Å². The van der Waals surface area contributed by atoms with Gasteiger partial charge in [-0.15, -0.1) is 0 Å². The van der Waals surface area contributed by atoms with E-state index in [-0.39, 0.29) is 5.82 Å². The third-order valence-corrected chi connectivity index (χ3v) is 3.29. The minimum absolute atomic E-state index is 0.115. The molecule has 0 heterocycles. The van der Waals surface area contributed by atoms with Crippen LogP contribution in [0.25, 0.3) is 0 Å². The number of benzene rings is 1. The van der Waals surface area contributed by atoms with Crippen LogP contribution in [0.1, 0.15) is 17.9 Å². The topological polar surface area (TPSA) is 26.0 Å². The minimum Gasteiger partial charge on any atom is -0.330 e. The second-order valence-electron chi connectivity index (χ2n) is 3.47. The zero-order valence-corrected chi connectivity index (χ0v) is 8.72. The summed E-state index contributed by atoms with van der Waals surface area (Å²) in [4.78, 5) is 0. The Morgan fingerprint density at radius 3 is 2.85 bits per heavy atom. The molecule has 0 amide bonds. The second-order valence-corrected chi connectivity index (χ2v) is 4.33. The van der Waals surface area contributed by atoms with Gasteiger partial charge in [-0.05, 0) is 36.9 Å². The zero-order chi connectivity index (χ0) is 9.42. The van der Waals surface area contributed by atoms with E-state index in [2.05, 4.69) is 15.9 Å². The van der Waals surface area contributed by atoms with Gasteiger partial charge >= 0.3 is 0 Å². The molecule has 3 heteroatoms. The fourth-order valence-electron chi connectivity index (χ4n) is 1.73. The lowest BCUT2D eigenvalue weighted by atomic mass is 10.1. The summed E-state index contributed by atoms with van der Waals surface area (Å²) >= 11 is 3.36. The van der Waals surface area contributed by atoms with Gasteiger partial charge in [0.05, 0.1) is 0 Å². The Balaban J connectivity index is 2.30. The van der Waals surface area contributed by atoms with Crippen molar-refractivity contribution in [2.75, 3.05) is 6.54 Å². The van der Waals surface area contributed by atoms with Crippen LogP contribution in [0.15, 0.2) is 22.7 Å². The first-order chi connectivity index (χ1) is 6.24. The molecule has 0 radical (unpaired) electrons. The molecule has 1 nitrogen and oxygen atoms in total. The van der Waals surface area contributed by atoms with Crippen LogP contribution < -0.4 is 5.73 Å². The Hall–Kier alpha value is -0.410. The first-order valence-electron chi connectivity index (χ1n) is 4.38. The molecular formula is C10H11BrFN. The quantitative estimate of drug-likeness (QED) is 0.850. The summed E-state index contributed by atoms with van der Waals surface area (Å²) in [6, 6.07) is 5.10. The lowest BCUT2D eigenvalue weighted by molar-refractivity contribution is 0.604. The van der Waals surface area contributed by atoms with E-state index in [1.807, 2.05) is 6.07 Å². The summed E-state index contributed by atoms with van der Waals surface area (Å²) in [6.07, 6.45) is 1.02. The van der Waals surface area contributed by atoms with Crippen molar-refractivity contribution in [1.82, 2.24) is 0 Å². The van der Waals surface area contributed by atoms with Gasteiger partial charge in [-0.3, -0.25) is 0 Å². The zero-order valence-electron chi connectivity index (χ0n) is 7.13. The van der Waals surface area contributed by atoms with Crippen LogP contribution in [0.2, 0.25) is 0 Å². The van der Waals surface area contributed by atoms with Gasteiger partial charge < -0.3 is 5.73 Å². The minimum atomic E-state index is -0.115. The molecule has 1 aliphatic carbocycles. The molecule has 0 spiro atoms. The molecular weight excluding hydrogens is 233 g/mol. The molecule has 1 aliphatic rings. The van der Waals surface area contributed by atoms with Gasteiger partial charge in [-0.2, -0.15) is 0 Å². The molecule has 70 valence electrons. The van der Waals surface area contributed by atoms with Crippen LogP contribution in [-0.2, 0) is 0 Å². The Morgan fingerprint density at radius 2 is 2.31 bits per heavy atom.